The van der Waals surface area contributed by atoms with Crippen molar-refractivity contribution in [1.29, 1.82) is 0 Å². The standard InChI is InChI=1S/C8H20N2.CH4/c1-8(2,3)9-6-7-10(4)5;/h9H,6-7H2,1-5H3;1H4. The van der Waals surface area contributed by atoms with E-state index < -0.39 is 0 Å². The molecule has 11 heavy (non-hydrogen) atoms. The van der Waals surface area contributed by atoms with Gasteiger partial charge in [0.15, 0.2) is 0 Å². The van der Waals surface area contributed by atoms with E-state index in [0.717, 1.165) is 13.1 Å². The maximum absolute atomic E-state index is 3.41. The largest absolute Gasteiger partial charge is 0.311 e. The van der Waals surface area contributed by atoms with Gasteiger partial charge in [-0.05, 0) is 34.9 Å². The highest BCUT2D eigenvalue weighted by atomic mass is 15.1. The van der Waals surface area contributed by atoms with Gasteiger partial charge in [-0.2, -0.15) is 0 Å². The van der Waals surface area contributed by atoms with Crippen LogP contribution in [0.4, 0.5) is 0 Å². The van der Waals surface area contributed by atoms with Crippen molar-refractivity contribution in [3.05, 3.63) is 0 Å². The molecule has 0 aromatic carbocycles. The first kappa shape index (κ1) is 13.5. The van der Waals surface area contributed by atoms with Crippen molar-refractivity contribution in [2.45, 2.75) is 33.7 Å². The summed E-state index contributed by atoms with van der Waals surface area (Å²) in [6, 6.07) is 0. The van der Waals surface area contributed by atoms with Gasteiger partial charge in [0.1, 0.15) is 0 Å². The fraction of sp³-hybridized carbons (Fsp3) is 1.00. The molecule has 0 heterocycles. The summed E-state index contributed by atoms with van der Waals surface area (Å²) in [6.07, 6.45) is 0. The van der Waals surface area contributed by atoms with Crippen molar-refractivity contribution in [3.8, 4) is 0 Å². The zero-order valence-electron chi connectivity index (χ0n) is 7.86. The quantitative estimate of drug-likeness (QED) is 0.674. The second kappa shape index (κ2) is 5.56. The van der Waals surface area contributed by atoms with E-state index in [2.05, 4.69) is 45.1 Å². The summed E-state index contributed by atoms with van der Waals surface area (Å²) in [5.74, 6) is 0. The summed E-state index contributed by atoms with van der Waals surface area (Å²) in [5.41, 5.74) is 0.260. The van der Waals surface area contributed by atoms with Crippen LogP contribution in [-0.2, 0) is 0 Å². The molecule has 0 unspecified atom stereocenters. The Morgan fingerprint density at radius 2 is 1.64 bits per heavy atom. The van der Waals surface area contributed by atoms with E-state index in [-0.39, 0.29) is 13.0 Å². The average molecular weight is 160 g/mol. The first-order chi connectivity index (χ1) is 4.42. The van der Waals surface area contributed by atoms with E-state index in [1.807, 2.05) is 0 Å². The Bertz CT molecular complexity index is 82.1. The minimum absolute atomic E-state index is 0. The van der Waals surface area contributed by atoms with E-state index >= 15 is 0 Å². The van der Waals surface area contributed by atoms with Gasteiger partial charge in [-0.15, -0.1) is 0 Å². The third-order valence-corrected chi connectivity index (χ3v) is 1.21. The molecule has 0 aliphatic carbocycles. The van der Waals surface area contributed by atoms with E-state index in [0.29, 0.717) is 0 Å². The maximum Gasteiger partial charge on any atom is 0.0101 e. The van der Waals surface area contributed by atoms with Crippen molar-refractivity contribution in [2.24, 2.45) is 0 Å². The molecule has 0 fully saturated rings. The van der Waals surface area contributed by atoms with Crippen LogP contribution < -0.4 is 5.32 Å². The number of likely N-dealkylation sites (N-methyl/N-ethyl adjacent to an activating group) is 1. The van der Waals surface area contributed by atoms with Gasteiger partial charge >= 0.3 is 0 Å². The van der Waals surface area contributed by atoms with Crippen LogP contribution in [0.15, 0.2) is 0 Å². The molecule has 2 nitrogen and oxygen atoms in total. The SMILES string of the molecule is C.CN(C)CCNC(C)(C)C. The summed E-state index contributed by atoms with van der Waals surface area (Å²) in [7, 11) is 4.18. The first-order valence-corrected chi connectivity index (χ1v) is 3.81. The highest BCUT2D eigenvalue weighted by Gasteiger charge is 2.06. The van der Waals surface area contributed by atoms with Crippen LogP contribution in [0.3, 0.4) is 0 Å². The predicted molar refractivity (Wildman–Crippen MR) is 53.0 cm³/mol. The van der Waals surface area contributed by atoms with Crippen LogP contribution in [0, 0.1) is 0 Å². The Labute approximate surface area is 72.0 Å². The number of nitrogens with zero attached hydrogens (tertiary/aromatic N) is 1. The molecule has 0 bridgehead atoms. The molecule has 70 valence electrons. The maximum atomic E-state index is 3.41. The van der Waals surface area contributed by atoms with Crippen molar-refractivity contribution < 1.29 is 0 Å². The van der Waals surface area contributed by atoms with Gasteiger partial charge in [-0.3, -0.25) is 0 Å². The topological polar surface area (TPSA) is 15.3 Å². The molecular formula is C9H24N2. The Kier molecular flexibility index (Phi) is 6.82. The van der Waals surface area contributed by atoms with Gasteiger partial charge in [0.25, 0.3) is 0 Å². The van der Waals surface area contributed by atoms with Gasteiger partial charge in [0.05, 0.1) is 0 Å². The molecule has 0 aromatic rings. The minimum atomic E-state index is 0. The molecule has 0 rings (SSSR count). The molecule has 0 aliphatic rings. The number of hydrogen-bond donors (Lipinski definition) is 1. The van der Waals surface area contributed by atoms with Gasteiger partial charge < -0.3 is 10.2 Å². The monoisotopic (exact) mass is 160 g/mol. The Hall–Kier alpha value is -0.0800. The van der Waals surface area contributed by atoms with Crippen LogP contribution in [0.25, 0.3) is 0 Å². The predicted octanol–water partition coefficient (Wildman–Crippen LogP) is 1.57. The lowest BCUT2D eigenvalue weighted by Crippen LogP contribution is -2.39. The lowest BCUT2D eigenvalue weighted by Gasteiger charge is -2.21. The number of hydrogen-bond acceptors (Lipinski definition) is 2. The molecule has 0 radical (unpaired) electrons. The molecule has 0 aliphatic heterocycles. The number of nitrogens with one attached hydrogen (secondary N) is 1. The van der Waals surface area contributed by atoms with Crippen LogP contribution >= 0.6 is 0 Å². The molecule has 0 saturated carbocycles. The van der Waals surface area contributed by atoms with Crippen molar-refractivity contribution in [2.75, 3.05) is 27.2 Å². The van der Waals surface area contributed by atoms with E-state index in [9.17, 15) is 0 Å². The second-order valence-corrected chi connectivity index (χ2v) is 3.98. The Morgan fingerprint density at radius 3 is 1.91 bits per heavy atom. The third-order valence-electron chi connectivity index (χ3n) is 1.21. The molecule has 0 atom stereocenters. The fourth-order valence-corrected chi connectivity index (χ4v) is 0.655. The normalized spacial score (nSPS) is 11.5. The minimum Gasteiger partial charge on any atom is -0.311 e. The highest BCUT2D eigenvalue weighted by molar-refractivity contribution is 4.70. The zero-order chi connectivity index (χ0) is 8.20. The van der Waals surface area contributed by atoms with Gasteiger partial charge in [-0.25, -0.2) is 0 Å². The van der Waals surface area contributed by atoms with Gasteiger partial charge in [0, 0.05) is 18.6 Å². The summed E-state index contributed by atoms with van der Waals surface area (Å²) in [5, 5.41) is 3.41. The van der Waals surface area contributed by atoms with Crippen molar-refractivity contribution >= 4 is 0 Å². The average Bonchev–Trinajstić information content (AvgIpc) is 1.59. The Balaban J connectivity index is 0. The lowest BCUT2D eigenvalue weighted by molar-refractivity contribution is 0.354. The smallest absolute Gasteiger partial charge is 0.0101 e. The molecule has 0 aromatic heterocycles. The van der Waals surface area contributed by atoms with Crippen LogP contribution in [0.1, 0.15) is 28.2 Å². The lowest BCUT2D eigenvalue weighted by atomic mass is 10.1. The van der Waals surface area contributed by atoms with Crippen LogP contribution in [0.5, 0.6) is 0 Å². The van der Waals surface area contributed by atoms with E-state index in [1.54, 1.807) is 0 Å². The van der Waals surface area contributed by atoms with Crippen LogP contribution in [-0.4, -0.2) is 37.6 Å². The van der Waals surface area contributed by atoms with E-state index in [4.69, 9.17) is 0 Å². The molecule has 2 heteroatoms. The van der Waals surface area contributed by atoms with Gasteiger partial charge in [0.2, 0.25) is 0 Å². The number of rotatable bonds is 3. The van der Waals surface area contributed by atoms with Crippen LogP contribution in [0.2, 0.25) is 0 Å². The van der Waals surface area contributed by atoms with Gasteiger partial charge in [-0.1, -0.05) is 7.43 Å². The molecule has 0 amide bonds. The molecule has 0 spiro atoms. The summed E-state index contributed by atoms with van der Waals surface area (Å²) in [4.78, 5) is 2.18. The molecular weight excluding hydrogens is 136 g/mol. The molecule has 0 saturated heterocycles. The molecule has 1 N–H and O–H groups in total. The summed E-state index contributed by atoms with van der Waals surface area (Å²) in [6.45, 7) is 8.72. The highest BCUT2D eigenvalue weighted by Crippen LogP contribution is 1.96. The summed E-state index contributed by atoms with van der Waals surface area (Å²) >= 11 is 0. The third kappa shape index (κ3) is 13.0. The second-order valence-electron chi connectivity index (χ2n) is 3.98. The summed E-state index contributed by atoms with van der Waals surface area (Å²) < 4.78 is 0. The van der Waals surface area contributed by atoms with E-state index in [1.165, 1.54) is 0 Å². The zero-order valence-corrected chi connectivity index (χ0v) is 7.86. The fourth-order valence-electron chi connectivity index (χ4n) is 0.655. The van der Waals surface area contributed by atoms with Crippen molar-refractivity contribution in [1.82, 2.24) is 10.2 Å². The van der Waals surface area contributed by atoms with Crippen molar-refractivity contribution in [3.63, 3.8) is 0 Å². The Morgan fingerprint density at radius 1 is 1.18 bits per heavy atom. The first-order valence-electron chi connectivity index (χ1n) is 3.81.